The fourth-order valence-electron chi connectivity index (χ4n) is 2.32. The first-order valence-electron chi connectivity index (χ1n) is 5.84. The van der Waals surface area contributed by atoms with Crippen LogP contribution >= 0.6 is 12.4 Å². The van der Waals surface area contributed by atoms with E-state index in [4.69, 9.17) is 5.73 Å². The van der Waals surface area contributed by atoms with Crippen LogP contribution in [0.3, 0.4) is 0 Å². The van der Waals surface area contributed by atoms with E-state index in [1.54, 1.807) is 0 Å². The van der Waals surface area contributed by atoms with Gasteiger partial charge in [-0.15, -0.1) is 12.4 Å². The van der Waals surface area contributed by atoms with E-state index >= 15 is 0 Å². The highest BCUT2D eigenvalue weighted by Crippen LogP contribution is 2.25. The van der Waals surface area contributed by atoms with Gasteiger partial charge in [-0.3, -0.25) is 4.98 Å². The maximum Gasteiger partial charge on any atom is 0.0723 e. The second kappa shape index (κ2) is 4.96. The first-order valence-corrected chi connectivity index (χ1v) is 5.84. The lowest BCUT2D eigenvalue weighted by molar-refractivity contribution is 0.606. The number of rotatable bonds is 2. The normalized spacial score (nSPS) is 12.6. The molecule has 0 aliphatic rings. The Morgan fingerprint density at radius 1 is 1.28 bits per heavy atom. The number of nitrogens with two attached hydrogens (primary N) is 1. The van der Waals surface area contributed by atoms with Crippen molar-refractivity contribution in [1.29, 1.82) is 0 Å². The molecular weight excluding hydrogens is 246 g/mol. The third-order valence-corrected chi connectivity index (χ3v) is 2.99. The lowest BCUT2D eigenvalue weighted by Crippen LogP contribution is -2.21. The van der Waals surface area contributed by atoms with E-state index in [0.29, 0.717) is 0 Å². The predicted molar refractivity (Wildman–Crippen MR) is 78.1 cm³/mol. The molecule has 2 N–H and O–H groups in total. The zero-order valence-corrected chi connectivity index (χ0v) is 11.0. The van der Waals surface area contributed by atoms with Crippen LogP contribution in [0, 0.1) is 0 Å². The molecule has 0 aliphatic carbocycles. The number of aromatic nitrogens is 2. The zero-order chi connectivity index (χ0) is 11.8. The highest BCUT2D eigenvalue weighted by molar-refractivity contribution is 6.04. The molecule has 0 amide bonds. The highest BCUT2D eigenvalue weighted by Gasteiger charge is 2.07. The number of benzene rings is 1. The molecule has 4 heteroatoms. The van der Waals surface area contributed by atoms with E-state index in [2.05, 4.69) is 40.0 Å². The first kappa shape index (κ1) is 12.9. The summed E-state index contributed by atoms with van der Waals surface area (Å²) in [7, 11) is 0. The van der Waals surface area contributed by atoms with E-state index in [-0.39, 0.29) is 18.4 Å². The van der Waals surface area contributed by atoms with Crippen LogP contribution in [-0.4, -0.2) is 15.6 Å². The van der Waals surface area contributed by atoms with Gasteiger partial charge in [-0.05, 0) is 31.2 Å². The van der Waals surface area contributed by atoms with Gasteiger partial charge in [0.15, 0.2) is 0 Å². The van der Waals surface area contributed by atoms with Gasteiger partial charge in [0.05, 0.1) is 11.0 Å². The molecule has 0 fully saturated rings. The Labute approximate surface area is 112 Å². The molecule has 0 radical (unpaired) electrons. The molecule has 94 valence electrons. The monoisotopic (exact) mass is 261 g/mol. The minimum Gasteiger partial charge on any atom is -0.345 e. The van der Waals surface area contributed by atoms with Crippen LogP contribution in [0.1, 0.15) is 6.92 Å². The quantitative estimate of drug-likeness (QED) is 0.771. The second-order valence-electron chi connectivity index (χ2n) is 4.52. The average Bonchev–Trinajstić information content (AvgIpc) is 2.72. The van der Waals surface area contributed by atoms with Gasteiger partial charge in [0.2, 0.25) is 0 Å². The number of hydrogen-bond donors (Lipinski definition) is 1. The summed E-state index contributed by atoms with van der Waals surface area (Å²) in [4.78, 5) is 4.39. The fraction of sp³-hybridized carbons (Fsp3) is 0.214. The SMILES string of the molecule is CC(N)Cn1ccc2ccc3ncccc3c21.Cl. The standard InChI is InChI=1S/C14H15N3.ClH/c1-10(15)9-17-8-6-11-4-5-13-12(14(11)17)3-2-7-16-13;/h2-8,10H,9,15H2,1H3;1H. The van der Waals surface area contributed by atoms with Crippen molar-refractivity contribution in [2.75, 3.05) is 0 Å². The number of hydrogen-bond acceptors (Lipinski definition) is 2. The van der Waals surface area contributed by atoms with Crippen molar-refractivity contribution in [3.8, 4) is 0 Å². The molecule has 0 saturated carbocycles. The van der Waals surface area contributed by atoms with Crippen molar-refractivity contribution in [2.24, 2.45) is 5.73 Å². The number of fused-ring (bicyclic) bond motifs is 3. The Morgan fingerprint density at radius 3 is 2.89 bits per heavy atom. The second-order valence-corrected chi connectivity index (χ2v) is 4.52. The lowest BCUT2D eigenvalue weighted by Gasteiger charge is -2.10. The van der Waals surface area contributed by atoms with Crippen molar-refractivity contribution < 1.29 is 0 Å². The predicted octanol–water partition coefficient (Wildman–Crippen LogP) is 2.96. The van der Waals surface area contributed by atoms with Crippen LogP contribution in [-0.2, 0) is 6.54 Å². The fourth-order valence-corrected chi connectivity index (χ4v) is 2.32. The summed E-state index contributed by atoms with van der Waals surface area (Å²) in [5.74, 6) is 0. The van der Waals surface area contributed by atoms with Crippen molar-refractivity contribution >= 4 is 34.2 Å². The van der Waals surface area contributed by atoms with Crippen LogP contribution in [0.4, 0.5) is 0 Å². The molecule has 0 bridgehead atoms. The molecule has 0 aliphatic heterocycles. The van der Waals surface area contributed by atoms with Crippen molar-refractivity contribution in [3.63, 3.8) is 0 Å². The number of nitrogens with zero attached hydrogens (tertiary/aromatic N) is 2. The van der Waals surface area contributed by atoms with Gasteiger partial charge in [-0.1, -0.05) is 6.07 Å². The van der Waals surface area contributed by atoms with Gasteiger partial charge in [-0.25, -0.2) is 0 Å². The molecule has 0 spiro atoms. The third kappa shape index (κ3) is 2.07. The van der Waals surface area contributed by atoms with Gasteiger partial charge >= 0.3 is 0 Å². The van der Waals surface area contributed by atoms with E-state index in [9.17, 15) is 0 Å². The van der Waals surface area contributed by atoms with Crippen molar-refractivity contribution in [3.05, 3.63) is 42.7 Å². The van der Waals surface area contributed by atoms with Gasteiger partial charge in [0.1, 0.15) is 0 Å². The van der Waals surface area contributed by atoms with Crippen LogP contribution in [0.2, 0.25) is 0 Å². The minimum atomic E-state index is 0. The van der Waals surface area contributed by atoms with Crippen LogP contribution < -0.4 is 5.73 Å². The van der Waals surface area contributed by atoms with E-state index in [0.717, 1.165) is 12.1 Å². The largest absolute Gasteiger partial charge is 0.345 e. The topological polar surface area (TPSA) is 43.8 Å². The smallest absolute Gasteiger partial charge is 0.0723 e. The molecule has 1 aromatic carbocycles. The molecule has 2 aromatic heterocycles. The number of halogens is 1. The Kier molecular flexibility index (Phi) is 3.55. The Bertz CT molecular complexity index is 673. The molecule has 1 unspecified atom stereocenters. The lowest BCUT2D eigenvalue weighted by atomic mass is 10.1. The molecule has 3 rings (SSSR count). The van der Waals surface area contributed by atoms with Gasteiger partial charge in [0.25, 0.3) is 0 Å². The van der Waals surface area contributed by atoms with Gasteiger partial charge in [-0.2, -0.15) is 0 Å². The maximum absolute atomic E-state index is 5.88. The summed E-state index contributed by atoms with van der Waals surface area (Å²) in [6, 6.07) is 10.5. The first-order chi connectivity index (χ1) is 8.25. The molecule has 18 heavy (non-hydrogen) atoms. The van der Waals surface area contributed by atoms with Crippen LogP contribution in [0.25, 0.3) is 21.8 Å². The van der Waals surface area contributed by atoms with Gasteiger partial charge in [0, 0.05) is 35.8 Å². The number of pyridine rings is 1. The molecule has 0 saturated heterocycles. The Balaban J connectivity index is 0.00000120. The third-order valence-electron chi connectivity index (χ3n) is 2.99. The van der Waals surface area contributed by atoms with Crippen molar-refractivity contribution in [1.82, 2.24) is 9.55 Å². The molecule has 2 heterocycles. The van der Waals surface area contributed by atoms with E-state index < -0.39 is 0 Å². The molecular formula is C14H16ClN3. The maximum atomic E-state index is 5.88. The van der Waals surface area contributed by atoms with E-state index in [1.807, 2.05) is 19.2 Å². The van der Waals surface area contributed by atoms with Crippen LogP contribution in [0.5, 0.6) is 0 Å². The summed E-state index contributed by atoms with van der Waals surface area (Å²) < 4.78 is 2.21. The van der Waals surface area contributed by atoms with Crippen molar-refractivity contribution in [2.45, 2.75) is 19.5 Å². The zero-order valence-electron chi connectivity index (χ0n) is 10.2. The van der Waals surface area contributed by atoms with E-state index in [1.165, 1.54) is 16.3 Å². The Hall–Kier alpha value is -1.58. The minimum absolute atomic E-state index is 0. The molecule has 3 nitrogen and oxygen atoms in total. The van der Waals surface area contributed by atoms with Crippen LogP contribution in [0.15, 0.2) is 42.7 Å². The highest BCUT2D eigenvalue weighted by atomic mass is 35.5. The van der Waals surface area contributed by atoms with Gasteiger partial charge < -0.3 is 10.3 Å². The summed E-state index contributed by atoms with van der Waals surface area (Å²) in [5.41, 5.74) is 8.14. The molecule has 1 atom stereocenters. The molecule has 3 aromatic rings. The summed E-state index contributed by atoms with van der Waals surface area (Å²) in [6.07, 6.45) is 3.92. The summed E-state index contributed by atoms with van der Waals surface area (Å²) in [5, 5.41) is 2.43. The Morgan fingerprint density at radius 2 is 2.11 bits per heavy atom. The summed E-state index contributed by atoms with van der Waals surface area (Å²) >= 11 is 0. The average molecular weight is 262 g/mol. The summed E-state index contributed by atoms with van der Waals surface area (Å²) in [6.45, 7) is 2.85.